The van der Waals surface area contributed by atoms with Crippen LogP contribution in [0.15, 0.2) is 0 Å². The van der Waals surface area contributed by atoms with Crippen LogP contribution in [0.25, 0.3) is 0 Å². The molecule has 0 rings (SSSR count). The first-order valence-corrected chi connectivity index (χ1v) is 5.30. The quantitative estimate of drug-likeness (QED) is 0.736. The van der Waals surface area contributed by atoms with Gasteiger partial charge in [-0.05, 0) is 38.0 Å². The Morgan fingerprint density at radius 2 is 1.64 bits per heavy atom. The van der Waals surface area contributed by atoms with Crippen LogP contribution in [0.4, 0.5) is 0 Å². The standard InChI is InChI=1S/C12H24O2/c1-9(2)7-11(3,4)8-12(5,6)10(13)14/h9H,7-8H2,1-6H3,(H,13,14). The van der Waals surface area contributed by atoms with E-state index in [1.54, 1.807) is 13.8 Å². The van der Waals surface area contributed by atoms with Crippen molar-refractivity contribution in [2.75, 3.05) is 0 Å². The molecule has 0 aromatic carbocycles. The Labute approximate surface area is 87.7 Å². The number of hydrogen-bond donors (Lipinski definition) is 1. The molecule has 0 aromatic heterocycles. The van der Waals surface area contributed by atoms with Crippen molar-refractivity contribution in [3.63, 3.8) is 0 Å². The second-order valence-electron chi connectivity index (χ2n) is 6.13. The van der Waals surface area contributed by atoms with Crippen molar-refractivity contribution in [1.29, 1.82) is 0 Å². The van der Waals surface area contributed by atoms with Gasteiger partial charge in [-0.15, -0.1) is 0 Å². The predicted molar refractivity (Wildman–Crippen MR) is 59.3 cm³/mol. The van der Waals surface area contributed by atoms with Crippen LogP contribution in [-0.2, 0) is 4.79 Å². The van der Waals surface area contributed by atoms with E-state index in [9.17, 15) is 4.79 Å². The van der Waals surface area contributed by atoms with Crippen molar-refractivity contribution >= 4 is 5.97 Å². The zero-order valence-electron chi connectivity index (χ0n) is 10.3. The number of carboxylic acids is 1. The lowest BCUT2D eigenvalue weighted by atomic mass is 9.71. The SMILES string of the molecule is CC(C)CC(C)(C)CC(C)(C)C(=O)O. The second-order valence-corrected chi connectivity index (χ2v) is 6.13. The van der Waals surface area contributed by atoms with E-state index in [2.05, 4.69) is 27.7 Å². The summed E-state index contributed by atoms with van der Waals surface area (Å²) in [4.78, 5) is 11.0. The minimum absolute atomic E-state index is 0.107. The fourth-order valence-corrected chi connectivity index (χ4v) is 2.45. The molecule has 0 aliphatic carbocycles. The number of hydrogen-bond acceptors (Lipinski definition) is 1. The number of rotatable bonds is 5. The lowest BCUT2D eigenvalue weighted by Crippen LogP contribution is -2.31. The molecule has 0 aromatic rings. The fraction of sp³-hybridized carbons (Fsp3) is 0.917. The average Bonchev–Trinajstić information content (AvgIpc) is 1.79. The Morgan fingerprint density at radius 3 is 1.93 bits per heavy atom. The largest absolute Gasteiger partial charge is 0.481 e. The minimum atomic E-state index is -0.700. The first-order valence-electron chi connectivity index (χ1n) is 5.30. The van der Waals surface area contributed by atoms with E-state index in [1.807, 2.05) is 0 Å². The maximum atomic E-state index is 11.0. The van der Waals surface area contributed by atoms with Gasteiger partial charge >= 0.3 is 5.97 Å². The molecule has 2 nitrogen and oxygen atoms in total. The highest BCUT2D eigenvalue weighted by molar-refractivity contribution is 5.73. The Hall–Kier alpha value is -0.530. The third-order valence-electron chi connectivity index (χ3n) is 2.46. The molecule has 0 amide bonds. The summed E-state index contributed by atoms with van der Waals surface area (Å²) in [5.41, 5.74) is -0.506. The normalized spacial score (nSPS) is 13.4. The van der Waals surface area contributed by atoms with Crippen molar-refractivity contribution in [3.8, 4) is 0 Å². The van der Waals surface area contributed by atoms with Crippen molar-refractivity contribution in [1.82, 2.24) is 0 Å². The molecule has 1 N–H and O–H groups in total. The van der Waals surface area contributed by atoms with Crippen LogP contribution >= 0.6 is 0 Å². The third kappa shape index (κ3) is 4.64. The Balaban J connectivity index is 4.42. The van der Waals surface area contributed by atoms with Crippen molar-refractivity contribution in [2.45, 2.75) is 54.4 Å². The van der Waals surface area contributed by atoms with Gasteiger partial charge in [0.1, 0.15) is 0 Å². The van der Waals surface area contributed by atoms with E-state index in [-0.39, 0.29) is 5.41 Å². The Bertz CT molecular complexity index is 202. The molecule has 0 aliphatic rings. The van der Waals surface area contributed by atoms with Gasteiger partial charge in [0.15, 0.2) is 0 Å². The summed E-state index contributed by atoms with van der Waals surface area (Å²) in [6, 6.07) is 0. The van der Waals surface area contributed by atoms with Gasteiger partial charge in [0.25, 0.3) is 0 Å². The number of carboxylic acid groups (broad SMARTS) is 1. The van der Waals surface area contributed by atoms with Gasteiger partial charge in [-0.2, -0.15) is 0 Å². The molecule has 0 unspecified atom stereocenters. The highest BCUT2D eigenvalue weighted by Crippen LogP contribution is 2.38. The average molecular weight is 200 g/mol. The van der Waals surface area contributed by atoms with Crippen LogP contribution in [-0.4, -0.2) is 11.1 Å². The van der Waals surface area contributed by atoms with Gasteiger partial charge in [0, 0.05) is 0 Å². The van der Waals surface area contributed by atoms with Gasteiger partial charge in [-0.1, -0.05) is 27.7 Å². The number of carbonyl (C=O) groups is 1. The van der Waals surface area contributed by atoms with Crippen LogP contribution in [0, 0.1) is 16.7 Å². The maximum absolute atomic E-state index is 11.0. The van der Waals surface area contributed by atoms with Crippen molar-refractivity contribution in [2.24, 2.45) is 16.7 Å². The van der Waals surface area contributed by atoms with Crippen molar-refractivity contribution in [3.05, 3.63) is 0 Å². The van der Waals surface area contributed by atoms with Crippen LogP contribution < -0.4 is 0 Å². The van der Waals surface area contributed by atoms with E-state index >= 15 is 0 Å². The highest BCUT2D eigenvalue weighted by Gasteiger charge is 2.34. The lowest BCUT2D eigenvalue weighted by Gasteiger charge is -2.33. The van der Waals surface area contributed by atoms with Gasteiger partial charge < -0.3 is 5.11 Å². The topological polar surface area (TPSA) is 37.3 Å². The predicted octanol–water partition coefficient (Wildman–Crippen LogP) is 3.56. The molecule has 0 saturated heterocycles. The van der Waals surface area contributed by atoms with E-state index in [4.69, 9.17) is 5.11 Å². The van der Waals surface area contributed by atoms with Crippen LogP contribution in [0.5, 0.6) is 0 Å². The monoisotopic (exact) mass is 200 g/mol. The van der Waals surface area contributed by atoms with Gasteiger partial charge in [0.2, 0.25) is 0 Å². The van der Waals surface area contributed by atoms with Gasteiger partial charge in [-0.25, -0.2) is 0 Å². The Morgan fingerprint density at radius 1 is 1.21 bits per heavy atom. The van der Waals surface area contributed by atoms with Gasteiger partial charge in [-0.3, -0.25) is 4.79 Å². The van der Waals surface area contributed by atoms with Crippen LogP contribution in [0.3, 0.4) is 0 Å². The van der Waals surface area contributed by atoms with Crippen LogP contribution in [0.2, 0.25) is 0 Å². The summed E-state index contributed by atoms with van der Waals surface area (Å²) < 4.78 is 0. The third-order valence-corrected chi connectivity index (χ3v) is 2.46. The molecule has 0 aliphatic heterocycles. The van der Waals surface area contributed by atoms with E-state index in [1.165, 1.54) is 0 Å². The second kappa shape index (κ2) is 4.33. The molecule has 2 heteroatoms. The van der Waals surface area contributed by atoms with Crippen LogP contribution in [0.1, 0.15) is 54.4 Å². The van der Waals surface area contributed by atoms with E-state index < -0.39 is 11.4 Å². The molecule has 14 heavy (non-hydrogen) atoms. The maximum Gasteiger partial charge on any atom is 0.309 e. The first kappa shape index (κ1) is 13.5. The smallest absolute Gasteiger partial charge is 0.309 e. The molecule has 0 fully saturated rings. The summed E-state index contributed by atoms with van der Waals surface area (Å²) in [5, 5.41) is 9.04. The molecule has 0 saturated carbocycles. The van der Waals surface area contributed by atoms with Crippen molar-refractivity contribution < 1.29 is 9.90 Å². The van der Waals surface area contributed by atoms with Gasteiger partial charge in [0.05, 0.1) is 5.41 Å². The summed E-state index contributed by atoms with van der Waals surface area (Å²) in [5.74, 6) is -0.0797. The summed E-state index contributed by atoms with van der Waals surface area (Å²) in [7, 11) is 0. The minimum Gasteiger partial charge on any atom is -0.481 e. The molecule has 0 radical (unpaired) electrons. The highest BCUT2D eigenvalue weighted by atomic mass is 16.4. The molecule has 0 heterocycles. The summed E-state index contributed by atoms with van der Waals surface area (Å²) >= 11 is 0. The fourth-order valence-electron chi connectivity index (χ4n) is 2.45. The first-order chi connectivity index (χ1) is 6.07. The van der Waals surface area contributed by atoms with E-state index in [0.29, 0.717) is 5.92 Å². The zero-order chi connectivity index (χ0) is 11.6. The molecular weight excluding hydrogens is 176 g/mol. The summed E-state index contributed by atoms with van der Waals surface area (Å²) in [6.07, 6.45) is 1.80. The lowest BCUT2D eigenvalue weighted by molar-refractivity contribution is -0.148. The van der Waals surface area contributed by atoms with E-state index in [0.717, 1.165) is 12.8 Å². The molecular formula is C12H24O2. The Kier molecular flexibility index (Phi) is 4.16. The molecule has 0 atom stereocenters. The summed E-state index contributed by atoms with van der Waals surface area (Å²) in [6.45, 7) is 12.3. The molecule has 84 valence electrons. The number of aliphatic carboxylic acids is 1. The molecule has 0 bridgehead atoms. The zero-order valence-corrected chi connectivity index (χ0v) is 10.3. The molecule has 0 spiro atoms.